The second kappa shape index (κ2) is 7.67. The fraction of sp³-hybridized carbons (Fsp3) is 0.250. The van der Waals surface area contributed by atoms with Crippen LogP contribution in [-0.2, 0) is 6.54 Å². The van der Waals surface area contributed by atoms with Gasteiger partial charge in [-0.3, -0.25) is 0 Å². The van der Waals surface area contributed by atoms with Crippen LogP contribution < -0.4 is 5.32 Å². The van der Waals surface area contributed by atoms with Crippen molar-refractivity contribution < 1.29 is 4.39 Å². The van der Waals surface area contributed by atoms with Gasteiger partial charge >= 0.3 is 0 Å². The molecule has 0 aliphatic heterocycles. The maximum Gasteiger partial charge on any atom is 0.123 e. The second-order valence-electron chi connectivity index (χ2n) is 4.50. The third-order valence-electron chi connectivity index (χ3n) is 2.79. The van der Waals surface area contributed by atoms with Crippen LogP contribution in [0.3, 0.4) is 0 Å². The first kappa shape index (κ1) is 15.4. The molecule has 2 aromatic rings. The normalized spacial score (nSPS) is 10.8. The minimum absolute atomic E-state index is 0.224. The molecule has 0 heterocycles. The predicted molar refractivity (Wildman–Crippen MR) is 84.0 cm³/mol. The highest BCUT2D eigenvalue weighted by molar-refractivity contribution is 7.99. The Bertz CT molecular complexity index is 557. The van der Waals surface area contributed by atoms with Gasteiger partial charge in [-0.05, 0) is 54.9 Å². The lowest BCUT2D eigenvalue weighted by Gasteiger charge is -2.08. The van der Waals surface area contributed by atoms with Gasteiger partial charge in [-0.25, -0.2) is 4.39 Å². The molecule has 0 saturated carbocycles. The van der Waals surface area contributed by atoms with Crippen LogP contribution in [0.1, 0.15) is 18.9 Å². The van der Waals surface area contributed by atoms with E-state index in [4.69, 9.17) is 11.6 Å². The van der Waals surface area contributed by atoms with Crippen molar-refractivity contribution in [2.45, 2.75) is 29.7 Å². The Kier molecular flexibility index (Phi) is 5.89. The summed E-state index contributed by atoms with van der Waals surface area (Å²) < 4.78 is 12.9. The average molecular weight is 310 g/mol. The number of hydrogen-bond donors (Lipinski definition) is 1. The summed E-state index contributed by atoms with van der Waals surface area (Å²) in [6.07, 6.45) is 1.12. The van der Waals surface area contributed by atoms with E-state index in [0.717, 1.165) is 34.3 Å². The molecule has 0 saturated heterocycles. The lowest BCUT2D eigenvalue weighted by Crippen LogP contribution is -2.13. The standard InChI is InChI=1S/C16H17ClFNS/c1-2-9-19-11-12-3-8-16(15(17)10-12)20-14-6-4-13(18)5-7-14/h3-8,10,19H,2,9,11H2,1H3. The van der Waals surface area contributed by atoms with E-state index in [1.165, 1.54) is 17.7 Å². The van der Waals surface area contributed by atoms with E-state index in [2.05, 4.69) is 18.3 Å². The maximum absolute atomic E-state index is 12.9. The minimum atomic E-state index is -0.224. The van der Waals surface area contributed by atoms with Crippen LogP contribution in [0.15, 0.2) is 52.3 Å². The molecular formula is C16H17ClFNS. The largest absolute Gasteiger partial charge is 0.313 e. The molecule has 0 radical (unpaired) electrons. The lowest BCUT2D eigenvalue weighted by molar-refractivity contribution is 0.626. The van der Waals surface area contributed by atoms with Crippen LogP contribution in [0.25, 0.3) is 0 Å². The molecule has 106 valence electrons. The monoisotopic (exact) mass is 309 g/mol. The van der Waals surface area contributed by atoms with Gasteiger partial charge in [-0.1, -0.05) is 36.4 Å². The summed E-state index contributed by atoms with van der Waals surface area (Å²) in [6, 6.07) is 12.5. The molecule has 0 fully saturated rings. The molecule has 0 aliphatic rings. The predicted octanol–water partition coefficient (Wildman–Crippen LogP) is 5.13. The number of hydrogen-bond acceptors (Lipinski definition) is 2. The molecule has 0 atom stereocenters. The number of benzene rings is 2. The highest BCUT2D eigenvalue weighted by Gasteiger charge is 2.04. The molecule has 20 heavy (non-hydrogen) atoms. The average Bonchev–Trinajstić information content (AvgIpc) is 2.44. The van der Waals surface area contributed by atoms with Gasteiger partial charge in [0.25, 0.3) is 0 Å². The zero-order valence-electron chi connectivity index (χ0n) is 11.3. The fourth-order valence-corrected chi connectivity index (χ4v) is 2.91. The van der Waals surface area contributed by atoms with Gasteiger partial charge in [0.1, 0.15) is 5.82 Å². The van der Waals surface area contributed by atoms with Gasteiger partial charge in [0, 0.05) is 16.3 Å². The van der Waals surface area contributed by atoms with E-state index in [-0.39, 0.29) is 5.82 Å². The summed E-state index contributed by atoms with van der Waals surface area (Å²) in [7, 11) is 0. The van der Waals surface area contributed by atoms with Crippen molar-refractivity contribution in [3.8, 4) is 0 Å². The topological polar surface area (TPSA) is 12.0 Å². The maximum atomic E-state index is 12.9. The molecule has 0 aromatic heterocycles. The molecule has 0 bridgehead atoms. The van der Waals surface area contributed by atoms with Crippen molar-refractivity contribution in [1.29, 1.82) is 0 Å². The lowest BCUT2D eigenvalue weighted by atomic mass is 10.2. The molecule has 0 spiro atoms. The summed E-state index contributed by atoms with van der Waals surface area (Å²) in [6.45, 7) is 3.97. The molecular weight excluding hydrogens is 293 g/mol. The highest BCUT2D eigenvalue weighted by Crippen LogP contribution is 2.33. The van der Waals surface area contributed by atoms with Crippen LogP contribution in [0.2, 0.25) is 5.02 Å². The Morgan fingerprint density at radius 3 is 2.55 bits per heavy atom. The van der Waals surface area contributed by atoms with Crippen LogP contribution in [0, 0.1) is 5.82 Å². The Labute approximate surface area is 128 Å². The molecule has 4 heteroatoms. The Morgan fingerprint density at radius 2 is 1.90 bits per heavy atom. The molecule has 0 aliphatic carbocycles. The van der Waals surface area contributed by atoms with Gasteiger partial charge < -0.3 is 5.32 Å². The molecule has 1 N–H and O–H groups in total. The van der Waals surface area contributed by atoms with Crippen molar-refractivity contribution >= 4 is 23.4 Å². The summed E-state index contributed by atoms with van der Waals surface area (Å²) in [5.41, 5.74) is 1.17. The van der Waals surface area contributed by atoms with Crippen molar-refractivity contribution in [2.75, 3.05) is 6.54 Å². The quantitative estimate of drug-likeness (QED) is 0.742. The van der Waals surface area contributed by atoms with Crippen LogP contribution in [0.5, 0.6) is 0 Å². The summed E-state index contributed by atoms with van der Waals surface area (Å²) >= 11 is 7.84. The first-order valence-electron chi connectivity index (χ1n) is 6.61. The molecule has 1 nitrogen and oxygen atoms in total. The van der Waals surface area contributed by atoms with Crippen LogP contribution in [0.4, 0.5) is 4.39 Å². The molecule has 2 rings (SSSR count). The van der Waals surface area contributed by atoms with E-state index in [1.54, 1.807) is 23.9 Å². The van der Waals surface area contributed by atoms with Crippen molar-refractivity contribution in [1.82, 2.24) is 5.32 Å². The Balaban J connectivity index is 2.03. The zero-order chi connectivity index (χ0) is 14.4. The van der Waals surface area contributed by atoms with Crippen molar-refractivity contribution in [3.05, 3.63) is 58.9 Å². The smallest absolute Gasteiger partial charge is 0.123 e. The number of halogens is 2. The van der Waals surface area contributed by atoms with E-state index in [1.807, 2.05) is 12.1 Å². The van der Waals surface area contributed by atoms with Gasteiger partial charge in [0.05, 0.1) is 5.02 Å². The number of rotatable bonds is 6. The first-order valence-corrected chi connectivity index (χ1v) is 7.81. The summed E-state index contributed by atoms with van der Waals surface area (Å²) in [5, 5.41) is 4.08. The van der Waals surface area contributed by atoms with E-state index in [0.29, 0.717) is 0 Å². The van der Waals surface area contributed by atoms with E-state index in [9.17, 15) is 4.39 Å². The van der Waals surface area contributed by atoms with Gasteiger partial charge in [0.15, 0.2) is 0 Å². The second-order valence-corrected chi connectivity index (χ2v) is 6.02. The van der Waals surface area contributed by atoms with Crippen LogP contribution in [-0.4, -0.2) is 6.54 Å². The SMILES string of the molecule is CCCNCc1ccc(Sc2ccc(F)cc2)c(Cl)c1. The van der Waals surface area contributed by atoms with E-state index < -0.39 is 0 Å². The fourth-order valence-electron chi connectivity index (χ4n) is 1.78. The van der Waals surface area contributed by atoms with Crippen molar-refractivity contribution in [2.24, 2.45) is 0 Å². The number of nitrogens with one attached hydrogen (secondary N) is 1. The molecule has 0 unspecified atom stereocenters. The van der Waals surface area contributed by atoms with E-state index >= 15 is 0 Å². The van der Waals surface area contributed by atoms with Crippen LogP contribution >= 0.6 is 23.4 Å². The molecule has 2 aromatic carbocycles. The molecule has 0 amide bonds. The Morgan fingerprint density at radius 1 is 1.15 bits per heavy atom. The third kappa shape index (κ3) is 4.51. The summed E-state index contributed by atoms with van der Waals surface area (Å²) in [4.78, 5) is 1.96. The van der Waals surface area contributed by atoms with Gasteiger partial charge in [0.2, 0.25) is 0 Å². The Hall–Kier alpha value is -1.03. The summed E-state index contributed by atoms with van der Waals surface area (Å²) in [5.74, 6) is -0.224. The van der Waals surface area contributed by atoms with Gasteiger partial charge in [-0.15, -0.1) is 0 Å². The zero-order valence-corrected chi connectivity index (χ0v) is 12.9. The van der Waals surface area contributed by atoms with Crippen molar-refractivity contribution in [3.63, 3.8) is 0 Å². The first-order chi connectivity index (χ1) is 9.69. The highest BCUT2D eigenvalue weighted by atomic mass is 35.5. The minimum Gasteiger partial charge on any atom is -0.313 e. The van der Waals surface area contributed by atoms with Gasteiger partial charge in [-0.2, -0.15) is 0 Å². The third-order valence-corrected chi connectivity index (χ3v) is 4.30.